The molecule has 0 aromatic heterocycles. The summed E-state index contributed by atoms with van der Waals surface area (Å²) < 4.78 is 0. The number of carboxylic acid groups (broad SMARTS) is 2. The van der Waals surface area contributed by atoms with Crippen molar-refractivity contribution < 1.29 is 39.3 Å². The third-order valence-corrected chi connectivity index (χ3v) is 3.86. The van der Waals surface area contributed by atoms with Crippen molar-refractivity contribution in [1.29, 1.82) is 0 Å². The molecule has 0 aromatic carbocycles. The quantitative estimate of drug-likeness (QED) is 0.122. The molecule has 13 heteroatoms. The van der Waals surface area contributed by atoms with Crippen LogP contribution in [0, 0.1) is 0 Å². The highest BCUT2D eigenvalue weighted by Crippen LogP contribution is 2.03. The van der Waals surface area contributed by atoms with Gasteiger partial charge in [0.05, 0.1) is 13.2 Å². The summed E-state index contributed by atoms with van der Waals surface area (Å²) in [6, 6.07) is -4.04. The first-order valence-electron chi connectivity index (χ1n) is 9.01. The normalized spacial score (nSPS) is 13.6. The predicted octanol–water partition coefficient (Wildman–Crippen LogP) is -3.53. The zero-order chi connectivity index (χ0) is 22.4. The lowest BCUT2D eigenvalue weighted by Gasteiger charge is -2.23. The maximum Gasteiger partial charge on any atom is 0.326 e. The van der Waals surface area contributed by atoms with Gasteiger partial charge in [-0.05, 0) is 32.2 Å². The SMILES string of the molecule is NCCCCC(NC(=O)CN)C(=O)NC(CO)C(=O)NC(CCC(=O)O)C(=O)O. The number of aliphatic hydroxyl groups is 1. The van der Waals surface area contributed by atoms with Crippen LogP contribution >= 0.6 is 0 Å². The van der Waals surface area contributed by atoms with E-state index in [1.165, 1.54) is 0 Å². The van der Waals surface area contributed by atoms with Gasteiger partial charge in [-0.3, -0.25) is 19.2 Å². The van der Waals surface area contributed by atoms with Gasteiger partial charge in [-0.2, -0.15) is 0 Å². The van der Waals surface area contributed by atoms with E-state index in [-0.39, 0.29) is 19.4 Å². The molecule has 0 fully saturated rings. The van der Waals surface area contributed by atoms with Gasteiger partial charge in [-0.15, -0.1) is 0 Å². The molecule has 13 nitrogen and oxygen atoms in total. The first-order chi connectivity index (χ1) is 13.7. The van der Waals surface area contributed by atoms with Crippen molar-refractivity contribution in [1.82, 2.24) is 16.0 Å². The summed E-state index contributed by atoms with van der Waals surface area (Å²) in [5.41, 5.74) is 10.6. The van der Waals surface area contributed by atoms with Gasteiger partial charge in [0.2, 0.25) is 17.7 Å². The third kappa shape index (κ3) is 11.0. The minimum atomic E-state index is -1.51. The number of nitrogens with two attached hydrogens (primary N) is 2. The number of nitrogens with one attached hydrogen (secondary N) is 3. The average Bonchev–Trinajstić information content (AvgIpc) is 2.67. The molecule has 0 heterocycles. The zero-order valence-corrected chi connectivity index (χ0v) is 15.9. The van der Waals surface area contributed by atoms with E-state index in [1.807, 2.05) is 0 Å². The van der Waals surface area contributed by atoms with Crippen molar-refractivity contribution in [3.63, 3.8) is 0 Å². The Morgan fingerprint density at radius 1 is 0.793 bits per heavy atom. The minimum absolute atomic E-state index is 0.213. The van der Waals surface area contributed by atoms with Crippen LogP contribution in [0.5, 0.6) is 0 Å². The van der Waals surface area contributed by atoms with Crippen LogP contribution in [-0.4, -0.2) is 82.8 Å². The zero-order valence-electron chi connectivity index (χ0n) is 15.9. The van der Waals surface area contributed by atoms with Crippen molar-refractivity contribution in [3.05, 3.63) is 0 Å². The number of hydrogen-bond donors (Lipinski definition) is 8. The van der Waals surface area contributed by atoms with Crippen molar-refractivity contribution >= 4 is 29.7 Å². The number of unbranched alkanes of at least 4 members (excludes halogenated alkanes) is 1. The summed E-state index contributed by atoms with van der Waals surface area (Å²) in [6.07, 6.45) is 0.436. The standard InChI is InChI=1S/C16H29N5O8/c17-6-2-1-3-9(19-12(23)7-18)14(26)21-11(8-22)15(27)20-10(16(28)29)4-5-13(24)25/h9-11,22H,1-8,17-18H2,(H,19,23)(H,20,27)(H,21,26)(H,24,25)(H,28,29). The molecule has 3 unspecified atom stereocenters. The lowest BCUT2D eigenvalue weighted by molar-refractivity contribution is -0.143. The van der Waals surface area contributed by atoms with Crippen molar-refractivity contribution in [3.8, 4) is 0 Å². The Bertz CT molecular complexity index is 586. The molecular weight excluding hydrogens is 390 g/mol. The van der Waals surface area contributed by atoms with Crippen molar-refractivity contribution in [2.45, 2.75) is 50.2 Å². The topological polar surface area (TPSA) is 234 Å². The van der Waals surface area contributed by atoms with Gasteiger partial charge < -0.3 is 42.7 Å². The number of aliphatic hydroxyl groups excluding tert-OH is 1. The van der Waals surface area contributed by atoms with Gasteiger partial charge in [-0.25, -0.2) is 4.79 Å². The maximum atomic E-state index is 12.4. The Hall–Kier alpha value is -2.77. The summed E-state index contributed by atoms with van der Waals surface area (Å²) in [5, 5.41) is 33.8. The molecule has 3 amide bonds. The highest BCUT2D eigenvalue weighted by molar-refractivity contribution is 5.93. The van der Waals surface area contributed by atoms with E-state index in [2.05, 4.69) is 16.0 Å². The molecule has 3 atom stereocenters. The van der Waals surface area contributed by atoms with Crippen LogP contribution < -0.4 is 27.4 Å². The van der Waals surface area contributed by atoms with Crippen LogP contribution in [0.4, 0.5) is 0 Å². The molecule has 10 N–H and O–H groups in total. The van der Waals surface area contributed by atoms with Gasteiger partial charge in [0, 0.05) is 6.42 Å². The van der Waals surface area contributed by atoms with Gasteiger partial charge in [0.15, 0.2) is 0 Å². The summed E-state index contributed by atoms with van der Waals surface area (Å²) in [6.45, 7) is -0.814. The second kappa shape index (κ2) is 14.3. The maximum absolute atomic E-state index is 12.4. The lowest BCUT2D eigenvalue weighted by atomic mass is 10.1. The molecule has 0 aliphatic carbocycles. The average molecular weight is 419 g/mol. The summed E-state index contributed by atoms with van der Waals surface area (Å²) in [4.78, 5) is 57.9. The number of hydrogen-bond acceptors (Lipinski definition) is 8. The van der Waals surface area contributed by atoms with Crippen LogP contribution in [0.15, 0.2) is 0 Å². The van der Waals surface area contributed by atoms with E-state index >= 15 is 0 Å². The van der Waals surface area contributed by atoms with Gasteiger partial charge in [-0.1, -0.05) is 0 Å². The van der Waals surface area contributed by atoms with Crippen molar-refractivity contribution in [2.75, 3.05) is 19.7 Å². The summed E-state index contributed by atoms with van der Waals surface area (Å²) >= 11 is 0. The smallest absolute Gasteiger partial charge is 0.326 e. The van der Waals surface area contributed by atoms with E-state index in [0.717, 1.165) is 0 Å². The van der Waals surface area contributed by atoms with Crippen LogP contribution in [0.25, 0.3) is 0 Å². The second-order valence-electron chi connectivity index (χ2n) is 6.18. The second-order valence-corrected chi connectivity index (χ2v) is 6.18. The lowest BCUT2D eigenvalue weighted by Crippen LogP contribution is -2.57. The Morgan fingerprint density at radius 3 is 1.86 bits per heavy atom. The summed E-state index contributed by atoms with van der Waals surface area (Å²) in [5.74, 6) is -5.08. The Balaban J connectivity index is 5.03. The van der Waals surface area contributed by atoms with Crippen LogP contribution in [0.2, 0.25) is 0 Å². The summed E-state index contributed by atoms with van der Waals surface area (Å²) in [7, 11) is 0. The van der Waals surface area contributed by atoms with Gasteiger partial charge in [0.1, 0.15) is 18.1 Å². The third-order valence-electron chi connectivity index (χ3n) is 3.86. The molecule has 166 valence electrons. The predicted molar refractivity (Wildman–Crippen MR) is 99.3 cm³/mol. The highest BCUT2D eigenvalue weighted by atomic mass is 16.4. The first-order valence-corrected chi connectivity index (χ1v) is 9.01. The van der Waals surface area contributed by atoms with E-state index < -0.39 is 60.8 Å². The van der Waals surface area contributed by atoms with Crippen LogP contribution in [-0.2, 0) is 24.0 Å². The van der Waals surface area contributed by atoms with E-state index in [4.69, 9.17) is 21.7 Å². The molecule has 0 rings (SSSR count). The number of rotatable bonds is 15. The van der Waals surface area contributed by atoms with Gasteiger partial charge >= 0.3 is 11.9 Å². The molecule has 0 aromatic rings. The van der Waals surface area contributed by atoms with Crippen LogP contribution in [0.1, 0.15) is 32.1 Å². The number of carbonyl (C=O) groups is 5. The molecule has 0 aliphatic rings. The molecular formula is C16H29N5O8. The fourth-order valence-electron chi connectivity index (χ4n) is 2.28. The molecule has 0 radical (unpaired) electrons. The molecule has 0 saturated carbocycles. The van der Waals surface area contributed by atoms with E-state index in [0.29, 0.717) is 19.4 Å². The number of carboxylic acids is 2. The Labute approximate surface area is 167 Å². The molecule has 0 aliphatic heterocycles. The monoisotopic (exact) mass is 419 g/mol. The highest BCUT2D eigenvalue weighted by Gasteiger charge is 2.29. The minimum Gasteiger partial charge on any atom is -0.481 e. The molecule has 0 spiro atoms. The van der Waals surface area contributed by atoms with E-state index in [1.54, 1.807) is 0 Å². The largest absolute Gasteiger partial charge is 0.481 e. The fourth-order valence-corrected chi connectivity index (χ4v) is 2.28. The number of carbonyl (C=O) groups excluding carboxylic acids is 3. The molecule has 0 saturated heterocycles. The number of aliphatic carboxylic acids is 2. The Morgan fingerprint density at radius 2 is 1.38 bits per heavy atom. The molecule has 29 heavy (non-hydrogen) atoms. The number of amides is 3. The Kier molecular flexibility index (Phi) is 12.9. The first kappa shape index (κ1) is 26.2. The van der Waals surface area contributed by atoms with Gasteiger partial charge in [0.25, 0.3) is 0 Å². The van der Waals surface area contributed by atoms with E-state index in [9.17, 15) is 29.1 Å². The molecule has 0 bridgehead atoms. The van der Waals surface area contributed by atoms with Crippen LogP contribution in [0.3, 0.4) is 0 Å². The fraction of sp³-hybridized carbons (Fsp3) is 0.688. The van der Waals surface area contributed by atoms with Crippen molar-refractivity contribution in [2.24, 2.45) is 11.5 Å².